The molecule has 1 aliphatic carbocycles. The molecule has 2 aliphatic heterocycles. The lowest BCUT2D eigenvalue weighted by Crippen LogP contribution is -2.58. The van der Waals surface area contributed by atoms with Gasteiger partial charge in [-0.1, -0.05) is 18.7 Å². The molecule has 2 heterocycles. The van der Waals surface area contributed by atoms with Crippen LogP contribution in [0.4, 0.5) is 0 Å². The van der Waals surface area contributed by atoms with E-state index in [2.05, 4.69) is 10.3 Å². The Morgan fingerprint density at radius 2 is 2.15 bits per heavy atom. The average molecular weight is 302 g/mol. The van der Waals surface area contributed by atoms with Crippen molar-refractivity contribution in [2.24, 2.45) is 10.9 Å². The second-order valence-corrected chi connectivity index (χ2v) is 6.88. The molecule has 0 spiro atoms. The number of nitrogens with one attached hydrogen (secondary N) is 1. The lowest BCUT2D eigenvalue weighted by Gasteiger charge is -2.40. The summed E-state index contributed by atoms with van der Waals surface area (Å²) in [5.41, 5.74) is -0.332. The van der Waals surface area contributed by atoms with Gasteiger partial charge in [0.1, 0.15) is 29.8 Å². The van der Waals surface area contributed by atoms with Gasteiger partial charge < -0.3 is 25.4 Å². The first-order valence-corrected chi connectivity index (χ1v) is 8.16. The van der Waals surface area contributed by atoms with Gasteiger partial charge in [-0.15, -0.1) is 0 Å². The second kappa shape index (κ2) is 5.81. The summed E-state index contributed by atoms with van der Waals surface area (Å²) in [7, 11) is 0. The molecule has 0 amide bonds. The number of ether oxygens (including phenoxy) is 1. The van der Waals surface area contributed by atoms with Crippen molar-refractivity contribution in [3.8, 4) is 0 Å². The maximum absolute atomic E-state index is 10.2. The number of aliphatic imine (C=N–C) groups is 1. The molecule has 3 rings (SSSR count). The molecule has 0 unspecified atom stereocenters. The summed E-state index contributed by atoms with van der Waals surface area (Å²) in [5, 5.41) is 34.2. The van der Waals surface area contributed by atoms with Crippen LogP contribution in [0, 0.1) is 5.92 Å². The molecule has 1 saturated heterocycles. The van der Waals surface area contributed by atoms with E-state index in [4.69, 9.17) is 4.74 Å². The molecule has 20 heavy (non-hydrogen) atoms. The van der Waals surface area contributed by atoms with Gasteiger partial charge in [0.2, 0.25) is 0 Å². The average Bonchev–Trinajstić information content (AvgIpc) is 3.19. The lowest BCUT2D eigenvalue weighted by atomic mass is 9.94. The van der Waals surface area contributed by atoms with Crippen LogP contribution >= 0.6 is 11.8 Å². The summed E-state index contributed by atoms with van der Waals surface area (Å²) in [6, 6.07) is -0.461. The van der Waals surface area contributed by atoms with Gasteiger partial charge in [0.15, 0.2) is 5.17 Å². The summed E-state index contributed by atoms with van der Waals surface area (Å²) in [6.07, 6.45) is -0.609. The number of nitrogens with zero attached hydrogens (tertiary/aromatic N) is 1. The topological polar surface area (TPSA) is 94.3 Å². The van der Waals surface area contributed by atoms with E-state index >= 15 is 0 Å². The van der Waals surface area contributed by atoms with E-state index in [9.17, 15) is 15.3 Å². The fourth-order valence-electron chi connectivity index (χ4n) is 2.58. The van der Waals surface area contributed by atoms with Gasteiger partial charge in [-0.05, 0) is 25.2 Å². The highest BCUT2D eigenvalue weighted by atomic mass is 32.2. The van der Waals surface area contributed by atoms with E-state index in [0.717, 1.165) is 17.6 Å². The summed E-state index contributed by atoms with van der Waals surface area (Å²) in [6.45, 7) is 2.73. The van der Waals surface area contributed by atoms with E-state index in [0.29, 0.717) is 6.42 Å². The zero-order chi connectivity index (χ0) is 14.3. The lowest BCUT2D eigenvalue weighted by molar-refractivity contribution is -0.185. The molecule has 0 aromatic carbocycles. The van der Waals surface area contributed by atoms with Gasteiger partial charge in [0.25, 0.3) is 0 Å². The normalized spacial score (nSPS) is 42.0. The summed E-state index contributed by atoms with van der Waals surface area (Å²) in [4.78, 5) is 4.41. The zero-order valence-electron chi connectivity index (χ0n) is 11.5. The van der Waals surface area contributed by atoms with Gasteiger partial charge in [-0.3, -0.25) is 4.99 Å². The van der Waals surface area contributed by atoms with Gasteiger partial charge in [-0.25, -0.2) is 0 Å². The highest BCUT2D eigenvalue weighted by Crippen LogP contribution is 2.37. The van der Waals surface area contributed by atoms with E-state index in [1.165, 1.54) is 24.6 Å². The van der Waals surface area contributed by atoms with Crippen LogP contribution in [0.5, 0.6) is 0 Å². The zero-order valence-corrected chi connectivity index (χ0v) is 12.3. The quantitative estimate of drug-likeness (QED) is 0.568. The van der Waals surface area contributed by atoms with E-state index in [1.807, 2.05) is 6.92 Å². The van der Waals surface area contributed by atoms with Crippen molar-refractivity contribution in [1.82, 2.24) is 5.32 Å². The molecule has 3 aliphatic rings. The SMILES string of the molecule is CC[C@H](O)[C@H]1O[C@@H]2SC(NCC3CC3)=N[C@@H]2[C@@H](O)[C@@H]1O. The molecular formula is C13H22N2O4S. The Balaban J connectivity index is 1.63. The predicted octanol–water partition coefficient (Wildman–Crippen LogP) is -0.325. The van der Waals surface area contributed by atoms with Gasteiger partial charge in [0, 0.05) is 6.54 Å². The van der Waals surface area contributed by atoms with Crippen LogP contribution in [-0.2, 0) is 4.74 Å². The van der Waals surface area contributed by atoms with Gasteiger partial charge in [-0.2, -0.15) is 0 Å². The Hall–Kier alpha value is -0.340. The maximum Gasteiger partial charge on any atom is 0.159 e. The van der Waals surface area contributed by atoms with E-state index in [1.54, 1.807) is 0 Å². The van der Waals surface area contributed by atoms with Crippen molar-refractivity contribution < 1.29 is 20.1 Å². The number of fused-ring (bicyclic) bond motifs is 1. The van der Waals surface area contributed by atoms with Crippen molar-refractivity contribution in [1.29, 1.82) is 0 Å². The third-order valence-corrected chi connectivity index (χ3v) is 5.23. The van der Waals surface area contributed by atoms with Crippen LogP contribution in [0.1, 0.15) is 26.2 Å². The fourth-order valence-corrected chi connectivity index (χ4v) is 3.69. The van der Waals surface area contributed by atoms with Crippen LogP contribution in [0.25, 0.3) is 0 Å². The Labute approximate surface area is 122 Å². The van der Waals surface area contributed by atoms with Crippen molar-refractivity contribution in [3.63, 3.8) is 0 Å². The Bertz CT molecular complexity index is 391. The van der Waals surface area contributed by atoms with Crippen molar-refractivity contribution in [2.75, 3.05) is 6.54 Å². The minimum atomic E-state index is -1.10. The van der Waals surface area contributed by atoms with Crippen LogP contribution < -0.4 is 5.32 Å². The minimum Gasteiger partial charge on any atom is -0.390 e. The Kier molecular flexibility index (Phi) is 4.24. The first-order chi connectivity index (χ1) is 9.60. The van der Waals surface area contributed by atoms with Gasteiger partial charge in [0.05, 0.1) is 6.10 Å². The van der Waals surface area contributed by atoms with Crippen molar-refractivity contribution in [3.05, 3.63) is 0 Å². The molecule has 2 fully saturated rings. The van der Waals surface area contributed by atoms with Crippen LogP contribution in [0.2, 0.25) is 0 Å². The van der Waals surface area contributed by atoms with Gasteiger partial charge >= 0.3 is 0 Å². The smallest absolute Gasteiger partial charge is 0.159 e. The van der Waals surface area contributed by atoms with Crippen LogP contribution in [0.15, 0.2) is 4.99 Å². The monoisotopic (exact) mass is 302 g/mol. The number of aliphatic hydroxyl groups is 3. The largest absolute Gasteiger partial charge is 0.390 e. The number of hydrogen-bond donors (Lipinski definition) is 4. The van der Waals surface area contributed by atoms with Crippen molar-refractivity contribution in [2.45, 2.75) is 62.1 Å². The highest BCUT2D eigenvalue weighted by Gasteiger charge is 2.49. The predicted molar refractivity (Wildman–Crippen MR) is 76.5 cm³/mol. The van der Waals surface area contributed by atoms with Crippen molar-refractivity contribution >= 4 is 16.9 Å². The molecule has 4 N–H and O–H groups in total. The maximum atomic E-state index is 10.2. The summed E-state index contributed by atoms with van der Waals surface area (Å²) >= 11 is 1.44. The number of aliphatic hydroxyl groups excluding tert-OH is 3. The van der Waals surface area contributed by atoms with E-state index in [-0.39, 0.29) is 5.44 Å². The minimum absolute atomic E-state index is 0.332. The third kappa shape index (κ3) is 2.82. The van der Waals surface area contributed by atoms with Crippen LogP contribution in [0.3, 0.4) is 0 Å². The van der Waals surface area contributed by atoms with Crippen LogP contribution in [-0.4, -0.2) is 62.9 Å². The molecule has 0 aromatic heterocycles. The molecule has 0 aromatic rings. The second-order valence-electron chi connectivity index (χ2n) is 5.79. The third-order valence-electron chi connectivity index (χ3n) is 4.14. The summed E-state index contributed by atoms with van der Waals surface area (Å²) < 4.78 is 5.75. The molecule has 1 saturated carbocycles. The Morgan fingerprint density at radius 3 is 2.80 bits per heavy atom. The molecule has 0 bridgehead atoms. The first kappa shape index (κ1) is 14.6. The van der Waals surface area contributed by atoms with E-state index < -0.39 is 30.5 Å². The fraction of sp³-hybridized carbons (Fsp3) is 0.923. The molecule has 7 heteroatoms. The number of rotatable bonds is 4. The summed E-state index contributed by atoms with van der Waals surface area (Å²) in [5.74, 6) is 0.743. The first-order valence-electron chi connectivity index (χ1n) is 7.28. The standard InChI is InChI=1S/C13H22N2O4S/c1-2-7(16)11-10(18)9(17)8-12(19-11)20-13(15-8)14-5-6-3-4-6/h6-12,16-18H,2-5H2,1H3,(H,14,15)/t7-,8+,9+,10-,11+,12+/m0/s1. The molecule has 6 nitrogen and oxygen atoms in total. The molecule has 114 valence electrons. The molecule has 6 atom stereocenters. The number of amidine groups is 1. The number of thioether (sulfide) groups is 1. The highest BCUT2D eigenvalue weighted by molar-refractivity contribution is 8.14. The Morgan fingerprint density at radius 1 is 1.40 bits per heavy atom. The molecule has 0 radical (unpaired) electrons. The molecular weight excluding hydrogens is 280 g/mol. The number of hydrogen-bond acceptors (Lipinski definition) is 7.